The third-order valence-corrected chi connectivity index (χ3v) is 3.85. The van der Waals surface area contributed by atoms with Gasteiger partial charge < -0.3 is 9.84 Å². The van der Waals surface area contributed by atoms with E-state index in [-0.39, 0.29) is 0 Å². The van der Waals surface area contributed by atoms with Crippen molar-refractivity contribution in [1.82, 2.24) is 4.90 Å². The van der Waals surface area contributed by atoms with Gasteiger partial charge in [-0.15, -0.1) is 0 Å². The number of hydrogen-bond acceptors (Lipinski definition) is 3. The molecule has 5 heteroatoms. The van der Waals surface area contributed by atoms with Crippen LogP contribution in [0.4, 0.5) is 4.79 Å². The first-order valence-electron chi connectivity index (χ1n) is 7.57. The molecule has 1 saturated heterocycles. The van der Waals surface area contributed by atoms with Crippen molar-refractivity contribution in [3.63, 3.8) is 0 Å². The van der Waals surface area contributed by atoms with Crippen LogP contribution < -0.4 is 0 Å². The Labute approximate surface area is 130 Å². The van der Waals surface area contributed by atoms with Gasteiger partial charge in [-0.25, -0.2) is 9.59 Å². The normalized spacial score (nSPS) is 22.2. The fraction of sp³-hybridized carbons (Fsp3) is 0.529. The summed E-state index contributed by atoms with van der Waals surface area (Å²) in [5.41, 5.74) is -1.38. The molecule has 1 fully saturated rings. The third-order valence-electron chi connectivity index (χ3n) is 3.85. The van der Waals surface area contributed by atoms with E-state index in [2.05, 4.69) is 0 Å². The third kappa shape index (κ3) is 3.08. The summed E-state index contributed by atoms with van der Waals surface area (Å²) < 4.78 is 5.43. The standard InChI is InChI=1S/C17H23NO4/c1-16(2,3)22-15(21)18-12-8-7-11-17(18,14(19)20)13-9-5-4-6-10-13/h4-6,9-10H,7-8,11-12H2,1-3H3,(H,19,20). The van der Waals surface area contributed by atoms with Gasteiger partial charge in [-0.05, 0) is 45.6 Å². The Morgan fingerprint density at radius 3 is 2.36 bits per heavy atom. The number of aliphatic carboxylic acids is 1. The van der Waals surface area contributed by atoms with Gasteiger partial charge in [0.1, 0.15) is 5.60 Å². The van der Waals surface area contributed by atoms with Gasteiger partial charge in [0.15, 0.2) is 5.54 Å². The molecule has 0 radical (unpaired) electrons. The van der Waals surface area contributed by atoms with E-state index in [0.29, 0.717) is 18.5 Å². The smallest absolute Gasteiger partial charge is 0.411 e. The number of hydrogen-bond donors (Lipinski definition) is 1. The minimum absolute atomic E-state index is 0.385. The quantitative estimate of drug-likeness (QED) is 0.909. The lowest BCUT2D eigenvalue weighted by Gasteiger charge is -2.44. The summed E-state index contributed by atoms with van der Waals surface area (Å²) in [6.45, 7) is 5.72. The molecule has 120 valence electrons. The Morgan fingerprint density at radius 1 is 1.18 bits per heavy atom. The largest absolute Gasteiger partial charge is 0.479 e. The van der Waals surface area contributed by atoms with Crippen molar-refractivity contribution < 1.29 is 19.4 Å². The first-order valence-corrected chi connectivity index (χ1v) is 7.57. The first-order chi connectivity index (χ1) is 10.3. The highest BCUT2D eigenvalue weighted by atomic mass is 16.6. The zero-order chi connectivity index (χ0) is 16.4. The van der Waals surface area contributed by atoms with E-state index in [1.165, 1.54) is 4.90 Å². The molecular weight excluding hydrogens is 282 g/mol. The fourth-order valence-electron chi connectivity index (χ4n) is 2.90. The summed E-state index contributed by atoms with van der Waals surface area (Å²) in [6.07, 6.45) is 1.37. The Kier molecular flexibility index (Phi) is 4.44. The highest BCUT2D eigenvalue weighted by molar-refractivity contribution is 5.86. The molecule has 1 heterocycles. The molecular formula is C17H23NO4. The van der Waals surface area contributed by atoms with Crippen LogP contribution >= 0.6 is 0 Å². The maximum absolute atomic E-state index is 12.5. The van der Waals surface area contributed by atoms with E-state index >= 15 is 0 Å². The van der Waals surface area contributed by atoms with Crippen molar-refractivity contribution in [2.75, 3.05) is 6.54 Å². The molecule has 1 amide bonds. The number of carboxylic acids is 1. The van der Waals surface area contributed by atoms with Crippen LogP contribution in [0.3, 0.4) is 0 Å². The molecule has 1 N–H and O–H groups in total. The van der Waals surface area contributed by atoms with E-state index in [9.17, 15) is 14.7 Å². The lowest BCUT2D eigenvalue weighted by atomic mass is 9.80. The van der Waals surface area contributed by atoms with Gasteiger partial charge in [-0.3, -0.25) is 4.90 Å². The van der Waals surface area contributed by atoms with Crippen molar-refractivity contribution >= 4 is 12.1 Å². The lowest BCUT2D eigenvalue weighted by Crippen LogP contribution is -2.58. The summed E-state index contributed by atoms with van der Waals surface area (Å²) in [6, 6.07) is 8.94. The number of carboxylic acid groups (broad SMARTS) is 1. The second-order valence-electron chi connectivity index (χ2n) is 6.62. The van der Waals surface area contributed by atoms with E-state index in [0.717, 1.165) is 12.8 Å². The number of piperidine rings is 1. The van der Waals surface area contributed by atoms with Crippen LogP contribution in [0, 0.1) is 0 Å². The zero-order valence-electron chi connectivity index (χ0n) is 13.3. The number of amides is 1. The summed E-state index contributed by atoms with van der Waals surface area (Å²) >= 11 is 0. The summed E-state index contributed by atoms with van der Waals surface area (Å²) in [4.78, 5) is 26.0. The minimum atomic E-state index is -1.35. The number of carbonyl (C=O) groups excluding carboxylic acids is 1. The number of benzene rings is 1. The van der Waals surface area contributed by atoms with Crippen LogP contribution in [0.5, 0.6) is 0 Å². The van der Waals surface area contributed by atoms with Crippen LogP contribution in [-0.4, -0.2) is 34.2 Å². The van der Waals surface area contributed by atoms with Crippen molar-refractivity contribution in [3.8, 4) is 0 Å². The van der Waals surface area contributed by atoms with Crippen LogP contribution in [0.25, 0.3) is 0 Å². The van der Waals surface area contributed by atoms with Crippen LogP contribution in [0.15, 0.2) is 30.3 Å². The van der Waals surface area contributed by atoms with Crippen LogP contribution in [-0.2, 0) is 15.1 Å². The number of carbonyl (C=O) groups is 2. The Balaban J connectivity index is 2.45. The number of ether oxygens (including phenoxy) is 1. The van der Waals surface area contributed by atoms with Crippen molar-refractivity contribution in [2.45, 2.75) is 51.2 Å². The number of likely N-dealkylation sites (tertiary alicyclic amines) is 1. The monoisotopic (exact) mass is 305 g/mol. The first kappa shape index (κ1) is 16.3. The molecule has 0 spiro atoms. The van der Waals surface area contributed by atoms with Crippen molar-refractivity contribution in [3.05, 3.63) is 35.9 Å². The molecule has 1 aliphatic rings. The van der Waals surface area contributed by atoms with E-state index in [4.69, 9.17) is 4.74 Å². The number of nitrogens with zero attached hydrogens (tertiary/aromatic N) is 1. The molecule has 5 nitrogen and oxygen atoms in total. The average Bonchev–Trinajstić information content (AvgIpc) is 2.46. The fourth-order valence-corrected chi connectivity index (χ4v) is 2.90. The van der Waals surface area contributed by atoms with Crippen molar-refractivity contribution in [1.29, 1.82) is 0 Å². The Hall–Kier alpha value is -2.04. The molecule has 0 aromatic heterocycles. The van der Waals surface area contributed by atoms with Gasteiger partial charge in [-0.1, -0.05) is 30.3 Å². The van der Waals surface area contributed by atoms with E-state index < -0.39 is 23.2 Å². The van der Waals surface area contributed by atoms with Crippen molar-refractivity contribution in [2.24, 2.45) is 0 Å². The van der Waals surface area contributed by atoms with Gasteiger partial charge in [-0.2, -0.15) is 0 Å². The average molecular weight is 305 g/mol. The van der Waals surface area contributed by atoms with E-state index in [1.807, 2.05) is 6.07 Å². The Bertz CT molecular complexity index is 550. The second kappa shape index (κ2) is 5.99. The predicted octanol–water partition coefficient (Wildman–Crippen LogP) is 3.39. The molecule has 22 heavy (non-hydrogen) atoms. The molecule has 1 aliphatic heterocycles. The molecule has 0 aliphatic carbocycles. The zero-order valence-corrected chi connectivity index (χ0v) is 13.3. The molecule has 2 rings (SSSR count). The van der Waals surface area contributed by atoms with Gasteiger partial charge in [0.05, 0.1) is 0 Å². The Morgan fingerprint density at radius 2 is 1.82 bits per heavy atom. The predicted molar refractivity (Wildman–Crippen MR) is 82.5 cm³/mol. The summed E-state index contributed by atoms with van der Waals surface area (Å²) in [5, 5.41) is 9.91. The molecule has 1 unspecified atom stereocenters. The summed E-state index contributed by atoms with van der Waals surface area (Å²) in [7, 11) is 0. The minimum Gasteiger partial charge on any atom is -0.479 e. The lowest BCUT2D eigenvalue weighted by molar-refractivity contribution is -0.154. The highest BCUT2D eigenvalue weighted by Gasteiger charge is 2.50. The summed E-state index contributed by atoms with van der Waals surface area (Å²) in [5.74, 6) is -1.01. The molecule has 0 bridgehead atoms. The van der Waals surface area contributed by atoms with Gasteiger partial charge >= 0.3 is 12.1 Å². The van der Waals surface area contributed by atoms with Crippen LogP contribution in [0.2, 0.25) is 0 Å². The van der Waals surface area contributed by atoms with Gasteiger partial charge in [0, 0.05) is 6.54 Å². The number of rotatable bonds is 2. The van der Waals surface area contributed by atoms with Gasteiger partial charge in [0.2, 0.25) is 0 Å². The maximum Gasteiger partial charge on any atom is 0.411 e. The van der Waals surface area contributed by atoms with Gasteiger partial charge in [0.25, 0.3) is 0 Å². The van der Waals surface area contributed by atoms with E-state index in [1.54, 1.807) is 45.0 Å². The second-order valence-corrected chi connectivity index (χ2v) is 6.62. The molecule has 1 aromatic carbocycles. The topological polar surface area (TPSA) is 66.8 Å². The molecule has 1 aromatic rings. The molecule has 0 saturated carbocycles. The SMILES string of the molecule is CC(C)(C)OC(=O)N1CCCCC1(C(=O)O)c1ccccc1. The van der Waals surface area contributed by atoms with Crippen LogP contribution in [0.1, 0.15) is 45.6 Å². The maximum atomic E-state index is 12.5. The highest BCUT2D eigenvalue weighted by Crippen LogP contribution is 2.39. The molecule has 1 atom stereocenters.